The monoisotopic (exact) mass is 457 g/mol. The molecule has 1 N–H and O–H groups in total. The van der Waals surface area contributed by atoms with Crippen molar-refractivity contribution in [2.45, 2.75) is 18.4 Å². The first kappa shape index (κ1) is 22.2. The predicted molar refractivity (Wildman–Crippen MR) is 128 cm³/mol. The van der Waals surface area contributed by atoms with Crippen molar-refractivity contribution in [1.29, 1.82) is 0 Å². The van der Waals surface area contributed by atoms with Gasteiger partial charge in [0.05, 0.1) is 4.90 Å². The minimum atomic E-state index is -3.76. The molecule has 166 valence electrons. The Kier molecular flexibility index (Phi) is 6.51. The van der Waals surface area contributed by atoms with Crippen molar-refractivity contribution in [1.82, 2.24) is 4.57 Å². The molecule has 0 aliphatic heterocycles. The average molecular weight is 458 g/mol. The van der Waals surface area contributed by atoms with Crippen LogP contribution in [0.3, 0.4) is 0 Å². The number of hydrogen-bond donors (Lipinski definition) is 1. The first-order chi connectivity index (χ1) is 15.9. The lowest BCUT2D eigenvalue weighted by atomic mass is 10.2. The number of sulfonamides is 1. The molecular formula is C26H23N3O3S. The van der Waals surface area contributed by atoms with Crippen molar-refractivity contribution >= 4 is 21.6 Å². The van der Waals surface area contributed by atoms with Crippen molar-refractivity contribution in [3.05, 3.63) is 125 Å². The standard InChI is InChI=1S/C26H23N3O3S/c1-20-10-14-23(15-11-20)28-33(31,32)24-16-12-22(13-17-24)26(30)27-25-9-5-6-18-29(25)19-21-7-3-2-4-8-21/h2-18,28H,19H2,1H3. The van der Waals surface area contributed by atoms with Crippen molar-refractivity contribution in [3.63, 3.8) is 0 Å². The summed E-state index contributed by atoms with van der Waals surface area (Å²) in [6.07, 6.45) is 1.87. The zero-order valence-electron chi connectivity index (χ0n) is 18.0. The maximum absolute atomic E-state index is 12.8. The molecule has 1 heterocycles. The third kappa shape index (κ3) is 5.64. The highest BCUT2D eigenvalue weighted by Gasteiger charge is 2.15. The van der Waals surface area contributed by atoms with Crippen LogP contribution >= 0.6 is 0 Å². The van der Waals surface area contributed by atoms with Crippen molar-refractivity contribution < 1.29 is 13.2 Å². The number of pyridine rings is 1. The van der Waals surface area contributed by atoms with E-state index in [9.17, 15) is 13.2 Å². The van der Waals surface area contributed by atoms with E-state index in [-0.39, 0.29) is 4.90 Å². The van der Waals surface area contributed by atoms with Gasteiger partial charge in [-0.2, -0.15) is 4.99 Å². The van der Waals surface area contributed by atoms with Crippen LogP contribution in [0, 0.1) is 6.92 Å². The fourth-order valence-corrected chi connectivity index (χ4v) is 4.32. The van der Waals surface area contributed by atoms with E-state index in [4.69, 9.17) is 0 Å². The molecule has 4 rings (SSSR count). The first-order valence-electron chi connectivity index (χ1n) is 10.4. The van der Waals surface area contributed by atoms with Crippen LogP contribution in [0.25, 0.3) is 0 Å². The van der Waals surface area contributed by atoms with Gasteiger partial charge in [-0.3, -0.25) is 9.52 Å². The Labute approximate surface area is 192 Å². The number of amides is 1. The number of aromatic nitrogens is 1. The second kappa shape index (κ2) is 9.67. The largest absolute Gasteiger partial charge is 0.328 e. The van der Waals surface area contributed by atoms with Gasteiger partial charge in [0, 0.05) is 24.0 Å². The number of carbonyl (C=O) groups is 1. The van der Waals surface area contributed by atoms with Gasteiger partial charge in [0.15, 0.2) is 0 Å². The molecule has 0 unspecified atom stereocenters. The molecule has 33 heavy (non-hydrogen) atoms. The van der Waals surface area contributed by atoms with E-state index in [1.165, 1.54) is 24.3 Å². The number of rotatable bonds is 6. The lowest BCUT2D eigenvalue weighted by Gasteiger charge is -2.09. The van der Waals surface area contributed by atoms with Crippen LogP contribution < -0.4 is 10.2 Å². The van der Waals surface area contributed by atoms with Gasteiger partial charge in [-0.05, 0) is 61.0 Å². The maximum Gasteiger partial charge on any atom is 0.278 e. The smallest absolute Gasteiger partial charge is 0.278 e. The van der Waals surface area contributed by atoms with Crippen LogP contribution in [0.4, 0.5) is 5.69 Å². The van der Waals surface area contributed by atoms with Crippen molar-refractivity contribution in [3.8, 4) is 0 Å². The summed E-state index contributed by atoms with van der Waals surface area (Å²) >= 11 is 0. The highest BCUT2D eigenvalue weighted by atomic mass is 32.2. The molecule has 0 saturated carbocycles. The van der Waals surface area contributed by atoms with Crippen LogP contribution in [0.2, 0.25) is 0 Å². The summed E-state index contributed by atoms with van der Waals surface area (Å²) in [4.78, 5) is 17.1. The number of hydrogen-bond acceptors (Lipinski definition) is 3. The lowest BCUT2D eigenvalue weighted by molar-refractivity contribution is 0.0997. The summed E-state index contributed by atoms with van der Waals surface area (Å²) in [5.41, 5.74) is 3.42. The van der Waals surface area contributed by atoms with E-state index in [2.05, 4.69) is 9.71 Å². The fraction of sp³-hybridized carbons (Fsp3) is 0.0769. The first-order valence-corrected chi connectivity index (χ1v) is 11.9. The Morgan fingerprint density at radius 1 is 0.848 bits per heavy atom. The molecular weight excluding hydrogens is 434 g/mol. The Hall–Kier alpha value is -3.97. The van der Waals surface area contributed by atoms with E-state index in [1.54, 1.807) is 18.2 Å². The minimum Gasteiger partial charge on any atom is -0.328 e. The summed E-state index contributed by atoms with van der Waals surface area (Å²) in [7, 11) is -3.76. The van der Waals surface area contributed by atoms with E-state index in [0.717, 1.165) is 11.1 Å². The Balaban J connectivity index is 1.54. The highest BCUT2D eigenvalue weighted by Crippen LogP contribution is 2.17. The number of nitrogens with zero attached hydrogens (tertiary/aromatic N) is 2. The van der Waals surface area contributed by atoms with Gasteiger partial charge in [0.1, 0.15) is 5.49 Å². The quantitative estimate of drug-likeness (QED) is 0.466. The summed E-state index contributed by atoms with van der Waals surface area (Å²) in [6, 6.07) is 28.2. The van der Waals surface area contributed by atoms with Crippen molar-refractivity contribution in [2.75, 3.05) is 4.72 Å². The molecule has 0 aliphatic carbocycles. The maximum atomic E-state index is 12.8. The zero-order valence-corrected chi connectivity index (χ0v) is 18.9. The van der Waals surface area contributed by atoms with Crippen LogP contribution in [0.1, 0.15) is 21.5 Å². The van der Waals surface area contributed by atoms with E-state index in [1.807, 2.05) is 72.3 Å². The molecule has 3 aromatic carbocycles. The minimum absolute atomic E-state index is 0.0680. The third-order valence-corrected chi connectivity index (χ3v) is 6.44. The van der Waals surface area contributed by atoms with Gasteiger partial charge in [0.25, 0.3) is 15.9 Å². The Morgan fingerprint density at radius 2 is 1.52 bits per heavy atom. The molecule has 4 aromatic rings. The van der Waals surface area contributed by atoms with Crippen molar-refractivity contribution in [2.24, 2.45) is 4.99 Å². The van der Waals surface area contributed by atoms with Crippen LogP contribution in [0.15, 0.2) is 113 Å². The van der Waals surface area contributed by atoms with Gasteiger partial charge in [-0.1, -0.05) is 54.1 Å². The molecule has 0 aliphatic rings. The number of nitrogens with one attached hydrogen (secondary N) is 1. The Morgan fingerprint density at radius 3 is 2.21 bits per heavy atom. The van der Waals surface area contributed by atoms with Crippen LogP contribution in [-0.4, -0.2) is 18.9 Å². The van der Waals surface area contributed by atoms with Gasteiger partial charge in [0.2, 0.25) is 0 Å². The highest BCUT2D eigenvalue weighted by molar-refractivity contribution is 7.92. The molecule has 0 atom stereocenters. The summed E-state index contributed by atoms with van der Waals surface area (Å²) in [6.45, 7) is 2.51. The molecule has 1 aromatic heterocycles. The molecule has 0 spiro atoms. The molecule has 0 bridgehead atoms. The SMILES string of the molecule is Cc1ccc(NS(=O)(=O)c2ccc(C(=O)N=c3ccccn3Cc3ccccc3)cc2)cc1. The molecule has 1 amide bonds. The van der Waals surface area contributed by atoms with Gasteiger partial charge in [-0.25, -0.2) is 8.42 Å². The summed E-state index contributed by atoms with van der Waals surface area (Å²) in [5.74, 6) is -0.446. The fourth-order valence-electron chi connectivity index (χ4n) is 3.26. The van der Waals surface area contributed by atoms with E-state index < -0.39 is 15.9 Å². The number of aryl methyl sites for hydroxylation is 1. The second-order valence-corrected chi connectivity index (χ2v) is 9.27. The van der Waals surface area contributed by atoms with Gasteiger partial charge in [-0.15, -0.1) is 0 Å². The van der Waals surface area contributed by atoms with E-state index in [0.29, 0.717) is 23.3 Å². The number of benzene rings is 3. The topological polar surface area (TPSA) is 80.5 Å². The lowest BCUT2D eigenvalue weighted by Crippen LogP contribution is -2.22. The normalized spacial score (nSPS) is 11.8. The average Bonchev–Trinajstić information content (AvgIpc) is 2.82. The Bertz CT molecular complexity index is 1420. The third-order valence-electron chi connectivity index (χ3n) is 5.04. The van der Waals surface area contributed by atoms with Gasteiger partial charge >= 0.3 is 0 Å². The summed E-state index contributed by atoms with van der Waals surface area (Å²) in [5, 5.41) is 0. The number of carbonyl (C=O) groups excluding carboxylic acids is 1. The molecule has 0 radical (unpaired) electrons. The molecule has 6 nitrogen and oxygen atoms in total. The predicted octanol–water partition coefficient (Wildman–Crippen LogP) is 4.39. The summed E-state index contributed by atoms with van der Waals surface area (Å²) < 4.78 is 29.7. The zero-order chi connectivity index (χ0) is 23.3. The van der Waals surface area contributed by atoms with E-state index >= 15 is 0 Å². The van der Waals surface area contributed by atoms with Crippen LogP contribution in [-0.2, 0) is 16.6 Å². The van der Waals surface area contributed by atoms with Crippen LogP contribution in [0.5, 0.6) is 0 Å². The van der Waals surface area contributed by atoms with Gasteiger partial charge < -0.3 is 4.57 Å². The molecule has 7 heteroatoms. The number of anilines is 1. The second-order valence-electron chi connectivity index (χ2n) is 7.59. The molecule has 0 saturated heterocycles. The molecule has 0 fully saturated rings.